The van der Waals surface area contributed by atoms with Crippen LogP contribution in [0.2, 0.25) is 0 Å². The molecule has 0 fully saturated rings. The lowest BCUT2D eigenvalue weighted by molar-refractivity contribution is 0.0770. The van der Waals surface area contributed by atoms with E-state index < -0.39 is 40.8 Å². The summed E-state index contributed by atoms with van der Waals surface area (Å²) in [4.78, 5) is 61.3. The smallest absolute Gasteiger partial charge is 0.236 e. The largest absolute Gasteiger partial charge is 0.496 e. The van der Waals surface area contributed by atoms with Gasteiger partial charge in [0.15, 0.2) is 11.6 Å². The monoisotopic (exact) mass is 762 g/mol. The maximum Gasteiger partial charge on any atom is 0.236 e. The highest BCUT2D eigenvalue weighted by atomic mass is 31.2. The summed E-state index contributed by atoms with van der Waals surface area (Å²) in [5.41, 5.74) is -3.65. The summed E-state index contributed by atoms with van der Waals surface area (Å²) >= 11 is 0. The van der Waals surface area contributed by atoms with Crippen LogP contribution < -0.4 is 37.9 Å². The maximum atomic E-state index is 16.5. The zero-order chi connectivity index (χ0) is 40.0. The van der Waals surface area contributed by atoms with Gasteiger partial charge in [0.05, 0.1) is 62.8 Å². The lowest BCUT2D eigenvalue weighted by Gasteiger charge is -2.38. The highest BCUT2D eigenvalue weighted by molar-refractivity contribution is 7.96. The fraction of sp³-hybridized carbons (Fsp3) is 0.300. The molecule has 4 aromatic carbocycles. The number of hydrogen-bond donors (Lipinski definition) is 0. The molecule has 4 aromatic rings. The summed E-state index contributed by atoms with van der Waals surface area (Å²) in [5.74, 6) is -4.35. The molecule has 0 saturated heterocycles. The first-order valence-corrected chi connectivity index (χ1v) is 18.1. The first-order valence-electron chi connectivity index (χ1n) is 16.4. The number of ketones is 2. The van der Waals surface area contributed by atoms with Crippen LogP contribution in [0.15, 0.2) is 72.8 Å². The van der Waals surface area contributed by atoms with Crippen molar-refractivity contribution in [2.24, 2.45) is 5.92 Å². The van der Waals surface area contributed by atoms with Crippen LogP contribution in [-0.4, -0.2) is 84.6 Å². The van der Waals surface area contributed by atoms with Crippen molar-refractivity contribution in [3.8, 4) is 46.0 Å². The fourth-order valence-electron chi connectivity index (χ4n) is 6.47. The minimum absolute atomic E-state index is 0.00484. The molecular weight excluding hydrogens is 719 g/mol. The van der Waals surface area contributed by atoms with E-state index in [0.29, 0.717) is 0 Å². The molecule has 54 heavy (non-hydrogen) atoms. The number of ether oxygens (including phenoxy) is 8. The third-order valence-electron chi connectivity index (χ3n) is 9.25. The third kappa shape index (κ3) is 6.87. The molecule has 0 saturated carbocycles. The molecule has 0 atom stereocenters. The van der Waals surface area contributed by atoms with E-state index in [0.717, 1.165) is 0 Å². The second-order valence-corrected chi connectivity index (χ2v) is 15.4. The topological polar surface area (TPSA) is 159 Å². The number of carbonyl (C=O) groups excluding carboxylic acids is 4. The molecule has 0 radical (unpaired) electrons. The van der Waals surface area contributed by atoms with Crippen LogP contribution in [0.4, 0.5) is 0 Å². The molecule has 0 aromatic heterocycles. The van der Waals surface area contributed by atoms with E-state index in [2.05, 4.69) is 0 Å². The van der Waals surface area contributed by atoms with Crippen LogP contribution in [0, 0.1) is 5.92 Å². The Bertz CT molecular complexity index is 1890. The van der Waals surface area contributed by atoms with Gasteiger partial charge in [0, 0.05) is 5.16 Å². The fourth-order valence-corrected chi connectivity index (χ4v) is 9.37. The molecule has 0 heterocycles. The van der Waals surface area contributed by atoms with Crippen molar-refractivity contribution in [3.05, 3.63) is 95.1 Å². The van der Waals surface area contributed by atoms with Crippen molar-refractivity contribution >= 4 is 29.8 Å². The molecule has 0 aliphatic heterocycles. The van der Waals surface area contributed by atoms with Gasteiger partial charge in [-0.05, 0) is 48.5 Å². The van der Waals surface area contributed by atoms with E-state index in [1.807, 2.05) is 0 Å². The molecule has 0 amide bonds. The normalized spacial score (nSPS) is 11.3. The lowest BCUT2D eigenvalue weighted by atomic mass is 9.80. The van der Waals surface area contributed by atoms with E-state index in [-0.39, 0.29) is 68.2 Å². The minimum Gasteiger partial charge on any atom is -0.496 e. The van der Waals surface area contributed by atoms with Gasteiger partial charge < -0.3 is 42.5 Å². The second kappa shape index (κ2) is 16.9. The van der Waals surface area contributed by atoms with Crippen molar-refractivity contribution in [2.75, 3.05) is 56.9 Å². The second-order valence-electron chi connectivity index (χ2n) is 12.2. The molecule has 13 nitrogen and oxygen atoms in total. The Balaban J connectivity index is 2.24. The van der Waals surface area contributed by atoms with Crippen LogP contribution in [0.1, 0.15) is 55.3 Å². The number of hydrogen-bond acceptors (Lipinski definition) is 13. The summed E-state index contributed by atoms with van der Waals surface area (Å²) < 4.78 is 60.8. The first kappa shape index (κ1) is 41.0. The summed E-state index contributed by atoms with van der Waals surface area (Å²) in [7, 11) is 4.98. The molecule has 0 aliphatic rings. The average molecular weight is 763 g/mol. The van der Waals surface area contributed by atoms with Gasteiger partial charge in [-0.1, -0.05) is 38.1 Å². The zero-order valence-electron chi connectivity index (χ0n) is 31.8. The van der Waals surface area contributed by atoms with E-state index in [1.54, 1.807) is 12.1 Å². The molecule has 0 aliphatic carbocycles. The SMILES string of the molecule is COc1cccc(OC)c1C(=O)C(C(=O)c1c(OC)cccc1OC)C(C)(C)P(=O)(C(=O)c1c(OC)cccc1OC)C(=O)c1c(OC)cccc1OC. The molecule has 0 bridgehead atoms. The quantitative estimate of drug-likeness (QED) is 0.0567. The molecule has 0 N–H and O–H groups in total. The number of benzene rings is 4. The van der Waals surface area contributed by atoms with Gasteiger partial charge in [-0.25, -0.2) is 0 Å². The van der Waals surface area contributed by atoms with E-state index in [4.69, 9.17) is 37.9 Å². The van der Waals surface area contributed by atoms with Crippen LogP contribution in [0.5, 0.6) is 46.0 Å². The van der Waals surface area contributed by atoms with Crippen molar-refractivity contribution in [1.82, 2.24) is 0 Å². The van der Waals surface area contributed by atoms with Gasteiger partial charge in [0.25, 0.3) is 0 Å². The molecule has 0 spiro atoms. The molecule has 4 rings (SSSR count). The molecule has 0 unspecified atom stereocenters. The number of rotatable bonds is 18. The van der Waals surface area contributed by atoms with Crippen molar-refractivity contribution in [1.29, 1.82) is 0 Å². The predicted molar refractivity (Wildman–Crippen MR) is 201 cm³/mol. The van der Waals surface area contributed by atoms with Crippen LogP contribution >= 0.6 is 7.14 Å². The summed E-state index contributed by atoms with van der Waals surface area (Å²) in [6.07, 6.45) is 0. The van der Waals surface area contributed by atoms with Crippen molar-refractivity contribution in [2.45, 2.75) is 19.0 Å². The third-order valence-corrected chi connectivity index (χ3v) is 12.7. The Morgan fingerprint density at radius 1 is 0.426 bits per heavy atom. The maximum absolute atomic E-state index is 16.5. The highest BCUT2D eigenvalue weighted by Gasteiger charge is 2.62. The molecular formula is C40H43O13P. The summed E-state index contributed by atoms with van der Waals surface area (Å²) in [6, 6.07) is 17.8. The van der Waals surface area contributed by atoms with Crippen molar-refractivity contribution in [3.63, 3.8) is 0 Å². The average Bonchev–Trinajstić information content (AvgIpc) is 3.20. The van der Waals surface area contributed by atoms with Gasteiger partial charge in [0.1, 0.15) is 68.2 Å². The number of Topliss-reactive ketones (excluding diaryl/α,β-unsaturated/α-hetero) is 2. The van der Waals surface area contributed by atoms with Crippen molar-refractivity contribution < 1.29 is 61.6 Å². The Kier molecular flexibility index (Phi) is 12.8. The van der Waals surface area contributed by atoms with E-state index in [1.165, 1.54) is 131 Å². The number of carbonyl (C=O) groups is 4. The predicted octanol–water partition coefficient (Wildman–Crippen LogP) is 7.26. The summed E-state index contributed by atoms with van der Waals surface area (Å²) in [5, 5.41) is -2.38. The standard InChI is InChI=1S/C40H43O13P/c1-40(2,35(36(41)31-23(46-3)15-11-16-24(31)47-4)37(42)32-25(48-5)17-12-18-26(32)49-6)54(45,38(43)33-27(50-7)19-13-20-28(33)51-8)39(44)34-29(52-9)21-14-22-30(34)53-10/h11-22,35H,1-10H3. The van der Waals surface area contributed by atoms with Gasteiger partial charge in [-0.3, -0.25) is 19.2 Å². The van der Waals surface area contributed by atoms with E-state index >= 15 is 23.7 Å². The molecule has 14 heteroatoms. The van der Waals surface area contributed by atoms with Crippen LogP contribution in [0.25, 0.3) is 0 Å². The number of methoxy groups -OCH3 is 8. The lowest BCUT2D eigenvalue weighted by Crippen LogP contribution is -2.46. The minimum atomic E-state index is -5.41. The Morgan fingerprint density at radius 3 is 0.833 bits per heavy atom. The van der Waals surface area contributed by atoms with Crippen LogP contribution in [-0.2, 0) is 4.57 Å². The first-order chi connectivity index (χ1) is 25.8. The van der Waals surface area contributed by atoms with Crippen LogP contribution in [0.3, 0.4) is 0 Å². The van der Waals surface area contributed by atoms with Gasteiger partial charge in [-0.2, -0.15) is 0 Å². The summed E-state index contributed by atoms with van der Waals surface area (Å²) in [6.45, 7) is 2.50. The van der Waals surface area contributed by atoms with Gasteiger partial charge in [-0.15, -0.1) is 0 Å². The Hall–Kier alpha value is -5.81. The molecule has 286 valence electrons. The van der Waals surface area contributed by atoms with E-state index in [9.17, 15) is 0 Å². The van der Waals surface area contributed by atoms with Gasteiger partial charge in [0.2, 0.25) is 18.2 Å². The van der Waals surface area contributed by atoms with Gasteiger partial charge >= 0.3 is 0 Å². The zero-order valence-corrected chi connectivity index (χ0v) is 32.7. The highest BCUT2D eigenvalue weighted by Crippen LogP contribution is 2.68. The Morgan fingerprint density at radius 2 is 0.630 bits per heavy atom. The Labute approximate surface area is 313 Å².